The summed E-state index contributed by atoms with van der Waals surface area (Å²) in [6.07, 6.45) is 1.04. The maximum Gasteiger partial charge on any atom is 0.338 e. The van der Waals surface area contributed by atoms with E-state index in [0.29, 0.717) is 17.0 Å². The molecule has 1 atom stereocenters. The molecule has 0 aromatic heterocycles. The van der Waals surface area contributed by atoms with Crippen molar-refractivity contribution in [3.63, 3.8) is 0 Å². The topological polar surface area (TPSA) is 63.6 Å². The van der Waals surface area contributed by atoms with Crippen LogP contribution >= 0.6 is 0 Å². The van der Waals surface area contributed by atoms with Crippen molar-refractivity contribution in [3.05, 3.63) is 65.2 Å². The summed E-state index contributed by atoms with van der Waals surface area (Å²) >= 11 is 0. The lowest BCUT2D eigenvalue weighted by Crippen LogP contribution is -2.14. The molecule has 0 aliphatic carbocycles. The highest BCUT2D eigenvalue weighted by Gasteiger charge is 2.12. The number of aromatic hydroxyl groups is 1. The molecule has 0 aliphatic rings. The molecule has 4 heteroatoms. The first-order valence-corrected chi connectivity index (χ1v) is 7.60. The second-order valence-corrected chi connectivity index (χ2v) is 5.48. The van der Waals surface area contributed by atoms with Crippen molar-refractivity contribution < 1.29 is 19.4 Å². The molecule has 2 rings (SSSR count). The van der Waals surface area contributed by atoms with E-state index in [4.69, 9.17) is 4.74 Å². The smallest absolute Gasteiger partial charge is 0.338 e. The molecule has 0 aliphatic heterocycles. The predicted molar refractivity (Wildman–Crippen MR) is 87.9 cm³/mol. The molecule has 0 saturated carbocycles. The Morgan fingerprint density at radius 2 is 1.57 bits per heavy atom. The number of phenols is 1. The van der Waals surface area contributed by atoms with Crippen molar-refractivity contribution in [3.8, 4) is 5.75 Å². The van der Waals surface area contributed by atoms with Gasteiger partial charge in [-0.3, -0.25) is 4.79 Å². The molecule has 0 bridgehead atoms. The number of ketones is 1. The number of carbonyl (C=O) groups excluding carboxylic acids is 2. The molecule has 0 unspecified atom stereocenters. The molecule has 0 saturated heterocycles. The molecular weight excluding hydrogens is 292 g/mol. The SMILES string of the molecule is CC[C@@H](C)c1ccc(C(=O)COC(=O)c2ccc(O)cc2)cc1. The van der Waals surface area contributed by atoms with Crippen LogP contribution in [0.4, 0.5) is 0 Å². The Morgan fingerprint density at radius 3 is 2.13 bits per heavy atom. The summed E-state index contributed by atoms with van der Waals surface area (Å²) in [5, 5.41) is 9.18. The first-order valence-electron chi connectivity index (χ1n) is 7.60. The van der Waals surface area contributed by atoms with Gasteiger partial charge >= 0.3 is 5.97 Å². The van der Waals surface area contributed by atoms with Gasteiger partial charge in [-0.1, -0.05) is 38.1 Å². The van der Waals surface area contributed by atoms with Crippen LogP contribution < -0.4 is 0 Å². The quantitative estimate of drug-likeness (QED) is 0.648. The highest BCUT2D eigenvalue weighted by molar-refractivity contribution is 5.99. The minimum Gasteiger partial charge on any atom is -0.508 e. The van der Waals surface area contributed by atoms with Gasteiger partial charge in [-0.25, -0.2) is 4.79 Å². The minimum absolute atomic E-state index is 0.0685. The van der Waals surface area contributed by atoms with Gasteiger partial charge in [-0.2, -0.15) is 0 Å². The molecule has 23 heavy (non-hydrogen) atoms. The third-order valence-corrected chi connectivity index (χ3v) is 3.85. The minimum atomic E-state index is -0.588. The Kier molecular flexibility index (Phi) is 5.52. The summed E-state index contributed by atoms with van der Waals surface area (Å²) in [4.78, 5) is 23.9. The number of rotatable bonds is 6. The van der Waals surface area contributed by atoms with E-state index in [9.17, 15) is 14.7 Å². The summed E-state index contributed by atoms with van der Waals surface area (Å²) in [5.74, 6) is -0.312. The van der Waals surface area contributed by atoms with Crippen LogP contribution in [0.15, 0.2) is 48.5 Å². The van der Waals surface area contributed by atoms with Crippen molar-refractivity contribution in [1.29, 1.82) is 0 Å². The molecule has 2 aromatic rings. The number of esters is 1. The zero-order chi connectivity index (χ0) is 16.8. The second-order valence-electron chi connectivity index (χ2n) is 5.48. The van der Waals surface area contributed by atoms with E-state index in [1.165, 1.54) is 29.8 Å². The van der Waals surface area contributed by atoms with Crippen molar-refractivity contribution in [2.45, 2.75) is 26.2 Å². The fourth-order valence-electron chi connectivity index (χ4n) is 2.13. The maximum atomic E-state index is 12.1. The van der Waals surface area contributed by atoms with Gasteiger partial charge < -0.3 is 9.84 Å². The van der Waals surface area contributed by atoms with Crippen LogP contribution in [-0.4, -0.2) is 23.5 Å². The molecule has 0 heterocycles. The number of ether oxygens (including phenoxy) is 1. The van der Waals surface area contributed by atoms with Gasteiger partial charge in [0.2, 0.25) is 0 Å². The van der Waals surface area contributed by atoms with Gasteiger partial charge in [0.25, 0.3) is 0 Å². The molecule has 4 nitrogen and oxygen atoms in total. The molecule has 0 amide bonds. The van der Waals surface area contributed by atoms with Gasteiger partial charge in [0.05, 0.1) is 5.56 Å². The Morgan fingerprint density at radius 1 is 1.00 bits per heavy atom. The van der Waals surface area contributed by atoms with Crippen molar-refractivity contribution in [1.82, 2.24) is 0 Å². The lowest BCUT2D eigenvalue weighted by Gasteiger charge is -2.09. The Labute approximate surface area is 135 Å². The zero-order valence-electron chi connectivity index (χ0n) is 13.3. The van der Waals surface area contributed by atoms with Crippen LogP contribution in [0.5, 0.6) is 5.75 Å². The lowest BCUT2D eigenvalue weighted by molar-refractivity contribution is 0.0474. The molecule has 1 N–H and O–H groups in total. The average molecular weight is 312 g/mol. The Bertz CT molecular complexity index is 672. The molecule has 0 spiro atoms. The summed E-state index contributed by atoms with van der Waals surface area (Å²) in [6.45, 7) is 3.95. The number of phenolic OH excluding ortho intramolecular Hbond substituents is 1. The van der Waals surface area contributed by atoms with E-state index in [1.807, 2.05) is 12.1 Å². The van der Waals surface area contributed by atoms with E-state index in [0.717, 1.165) is 6.42 Å². The highest BCUT2D eigenvalue weighted by Crippen LogP contribution is 2.19. The Hall–Kier alpha value is -2.62. The first-order chi connectivity index (χ1) is 11.0. The first kappa shape index (κ1) is 16.7. The van der Waals surface area contributed by atoms with E-state index in [2.05, 4.69) is 13.8 Å². The van der Waals surface area contributed by atoms with Gasteiger partial charge in [0.15, 0.2) is 12.4 Å². The van der Waals surface area contributed by atoms with Crippen LogP contribution in [0.1, 0.15) is 52.5 Å². The van der Waals surface area contributed by atoms with Crippen LogP contribution in [0.3, 0.4) is 0 Å². The number of hydrogen-bond donors (Lipinski definition) is 1. The normalized spacial score (nSPS) is 11.7. The third-order valence-electron chi connectivity index (χ3n) is 3.85. The van der Waals surface area contributed by atoms with E-state index in [-0.39, 0.29) is 18.1 Å². The van der Waals surface area contributed by atoms with Gasteiger partial charge in [0, 0.05) is 5.56 Å². The molecular formula is C19H20O4. The fraction of sp³-hybridized carbons (Fsp3) is 0.263. The number of hydrogen-bond acceptors (Lipinski definition) is 4. The molecule has 0 fully saturated rings. The van der Waals surface area contributed by atoms with Crippen LogP contribution in [0.25, 0.3) is 0 Å². The van der Waals surface area contributed by atoms with Crippen LogP contribution in [0, 0.1) is 0 Å². The van der Waals surface area contributed by atoms with Gasteiger partial charge in [-0.05, 0) is 42.2 Å². The number of carbonyl (C=O) groups is 2. The highest BCUT2D eigenvalue weighted by atomic mass is 16.5. The predicted octanol–water partition coefficient (Wildman–Crippen LogP) is 3.95. The second kappa shape index (κ2) is 7.58. The Balaban J connectivity index is 1.94. The van der Waals surface area contributed by atoms with E-state index < -0.39 is 5.97 Å². The van der Waals surface area contributed by atoms with E-state index >= 15 is 0 Å². The fourth-order valence-corrected chi connectivity index (χ4v) is 2.13. The zero-order valence-corrected chi connectivity index (χ0v) is 13.3. The van der Waals surface area contributed by atoms with Crippen molar-refractivity contribution in [2.75, 3.05) is 6.61 Å². The number of Topliss-reactive ketones (excluding diaryl/α,β-unsaturated/α-hetero) is 1. The summed E-state index contributed by atoms with van der Waals surface area (Å²) in [7, 11) is 0. The number of benzene rings is 2. The van der Waals surface area contributed by atoms with Gasteiger partial charge in [-0.15, -0.1) is 0 Å². The van der Waals surface area contributed by atoms with Crippen LogP contribution in [-0.2, 0) is 4.74 Å². The summed E-state index contributed by atoms with van der Waals surface area (Å²) in [5.41, 5.74) is 2.00. The van der Waals surface area contributed by atoms with E-state index in [1.54, 1.807) is 12.1 Å². The maximum absolute atomic E-state index is 12.1. The van der Waals surface area contributed by atoms with Gasteiger partial charge in [0.1, 0.15) is 5.75 Å². The molecule has 2 aromatic carbocycles. The van der Waals surface area contributed by atoms with Crippen molar-refractivity contribution >= 4 is 11.8 Å². The monoisotopic (exact) mass is 312 g/mol. The van der Waals surface area contributed by atoms with Crippen LogP contribution in [0.2, 0.25) is 0 Å². The lowest BCUT2D eigenvalue weighted by atomic mass is 9.97. The average Bonchev–Trinajstić information content (AvgIpc) is 2.59. The molecule has 120 valence electrons. The summed E-state index contributed by atoms with van der Waals surface area (Å²) in [6, 6.07) is 13.1. The van der Waals surface area contributed by atoms with Crippen molar-refractivity contribution in [2.24, 2.45) is 0 Å². The largest absolute Gasteiger partial charge is 0.508 e. The molecule has 0 radical (unpaired) electrons. The standard InChI is InChI=1S/C19H20O4/c1-3-13(2)14-4-6-15(7-5-14)18(21)12-23-19(22)16-8-10-17(20)11-9-16/h4-11,13,20H,3,12H2,1-2H3/t13-/m1/s1. The summed E-state index contributed by atoms with van der Waals surface area (Å²) < 4.78 is 5.01. The third kappa shape index (κ3) is 4.42.